The van der Waals surface area contributed by atoms with Gasteiger partial charge in [0.05, 0.1) is 0 Å². The summed E-state index contributed by atoms with van der Waals surface area (Å²) in [6, 6.07) is 0. The summed E-state index contributed by atoms with van der Waals surface area (Å²) >= 11 is 1.53. The van der Waals surface area contributed by atoms with Crippen LogP contribution in [0.3, 0.4) is 0 Å². The molecule has 2 heteroatoms. The van der Waals surface area contributed by atoms with Crippen LogP contribution >= 0.6 is 11.9 Å². The molecule has 0 aliphatic carbocycles. The maximum Gasteiger partial charge on any atom is 0.0331 e. The normalized spacial score (nSPS) is 7.07. The van der Waals surface area contributed by atoms with Crippen LogP contribution in [0.5, 0.6) is 0 Å². The lowest BCUT2D eigenvalue weighted by molar-refractivity contribution is 1.33. The fourth-order valence-corrected chi connectivity index (χ4v) is 0.669. The molecule has 0 fully saturated rings. The first-order valence-electron chi connectivity index (χ1n) is 5.66. The lowest BCUT2D eigenvalue weighted by Crippen LogP contribution is -1.65. The van der Waals surface area contributed by atoms with Gasteiger partial charge in [0.2, 0.25) is 0 Å². The van der Waals surface area contributed by atoms with Gasteiger partial charge >= 0.3 is 0 Å². The van der Waals surface area contributed by atoms with E-state index in [0.29, 0.717) is 0 Å². The monoisotopic (exact) mass is 219 g/mol. The molecule has 0 spiro atoms. The Bertz CT molecular complexity index is 80.4. The Balaban J connectivity index is -0.0000000708. The minimum Gasteiger partial charge on any atom is -0.229 e. The van der Waals surface area contributed by atoms with Crippen molar-refractivity contribution in [3.8, 4) is 0 Å². The first-order chi connectivity index (χ1) is 6.91. The number of nitrogens with zero attached hydrogens (tertiary/aromatic N) is 1. The summed E-state index contributed by atoms with van der Waals surface area (Å²) in [5.74, 6) is 0.913. The van der Waals surface area contributed by atoms with Gasteiger partial charge in [0.15, 0.2) is 0 Å². The summed E-state index contributed by atoms with van der Waals surface area (Å²) in [6.07, 6.45) is 4.76. The number of hydrogen-bond donors (Lipinski definition) is 0. The van der Waals surface area contributed by atoms with Crippen molar-refractivity contribution in [2.24, 2.45) is 4.40 Å². The minimum absolute atomic E-state index is 0.913. The van der Waals surface area contributed by atoms with E-state index in [1.54, 1.807) is 0 Å². The molecule has 0 aliphatic heterocycles. The summed E-state index contributed by atoms with van der Waals surface area (Å²) in [6.45, 7) is 17.6. The van der Waals surface area contributed by atoms with Crippen molar-refractivity contribution in [2.45, 2.75) is 54.9 Å². The first-order valence-corrected chi connectivity index (χ1v) is 6.60. The molecule has 0 rings (SSSR count). The van der Waals surface area contributed by atoms with Crippen LogP contribution < -0.4 is 0 Å². The van der Waals surface area contributed by atoms with E-state index >= 15 is 0 Å². The standard InChI is InChI=1S/C6H11NS.3C2H6/c1-3-5-7-8-6-4-2;3*1-2/h4-5H,2-3,6H2,1H3;3*1-2H3/b7-5-;;;. The molecule has 0 N–H and O–H groups in total. The van der Waals surface area contributed by atoms with Gasteiger partial charge in [-0.15, -0.1) is 6.58 Å². The molecule has 0 aliphatic rings. The van der Waals surface area contributed by atoms with Crippen LogP contribution in [0.2, 0.25) is 0 Å². The van der Waals surface area contributed by atoms with Crippen LogP contribution in [0.4, 0.5) is 0 Å². The molecule has 0 bridgehead atoms. The molecular formula is C12H29NS. The van der Waals surface area contributed by atoms with Crippen molar-refractivity contribution in [2.75, 3.05) is 5.75 Å². The maximum absolute atomic E-state index is 4.00. The van der Waals surface area contributed by atoms with Crippen molar-refractivity contribution >= 4 is 18.2 Å². The first kappa shape index (κ1) is 23.5. The van der Waals surface area contributed by atoms with E-state index in [0.717, 1.165) is 12.2 Å². The predicted octanol–water partition coefficient (Wildman–Crippen LogP) is 5.38. The molecule has 0 aromatic rings. The summed E-state index contributed by atoms with van der Waals surface area (Å²) in [5.41, 5.74) is 0. The Morgan fingerprint density at radius 3 is 1.79 bits per heavy atom. The molecule has 0 atom stereocenters. The van der Waals surface area contributed by atoms with Gasteiger partial charge < -0.3 is 0 Å². The smallest absolute Gasteiger partial charge is 0.0331 e. The maximum atomic E-state index is 4.00. The predicted molar refractivity (Wildman–Crippen MR) is 75.5 cm³/mol. The Kier molecular flexibility index (Phi) is 89.4. The van der Waals surface area contributed by atoms with Gasteiger partial charge in [-0.25, -0.2) is 4.40 Å². The van der Waals surface area contributed by atoms with Crippen LogP contribution in [0.25, 0.3) is 0 Å². The molecule has 14 heavy (non-hydrogen) atoms. The van der Waals surface area contributed by atoms with Gasteiger partial charge in [0, 0.05) is 12.0 Å². The third-order valence-electron chi connectivity index (χ3n) is 0.524. The average Bonchev–Trinajstić information content (AvgIpc) is 2.33. The molecule has 1 nitrogen and oxygen atoms in total. The Labute approximate surface area is 96.2 Å². The number of rotatable bonds is 4. The summed E-state index contributed by atoms with van der Waals surface area (Å²) in [5, 5.41) is 0. The molecule has 0 saturated carbocycles. The fourth-order valence-electron chi connectivity index (χ4n) is 0.223. The van der Waals surface area contributed by atoms with Crippen LogP contribution in [0, 0.1) is 0 Å². The fraction of sp³-hybridized carbons (Fsp3) is 0.750. The molecule has 88 valence electrons. The van der Waals surface area contributed by atoms with E-state index in [9.17, 15) is 0 Å². The van der Waals surface area contributed by atoms with Gasteiger partial charge in [-0.3, -0.25) is 0 Å². The van der Waals surface area contributed by atoms with Crippen molar-refractivity contribution in [3.05, 3.63) is 12.7 Å². The van der Waals surface area contributed by atoms with Gasteiger partial charge in [0.1, 0.15) is 0 Å². The summed E-state index contributed by atoms with van der Waals surface area (Å²) < 4.78 is 4.00. The van der Waals surface area contributed by atoms with E-state index in [2.05, 4.69) is 17.9 Å². The average molecular weight is 219 g/mol. The molecule has 0 unspecified atom stereocenters. The van der Waals surface area contributed by atoms with Gasteiger partial charge in [0.25, 0.3) is 0 Å². The zero-order valence-corrected chi connectivity index (χ0v) is 11.9. The molecule has 0 amide bonds. The highest BCUT2D eigenvalue weighted by Gasteiger charge is 1.71. The molecule has 0 aromatic carbocycles. The topological polar surface area (TPSA) is 12.4 Å². The van der Waals surface area contributed by atoms with Gasteiger partial charge in [-0.1, -0.05) is 54.5 Å². The van der Waals surface area contributed by atoms with E-state index < -0.39 is 0 Å². The third-order valence-corrected chi connectivity index (χ3v) is 1.21. The SMILES string of the molecule is C=CCS/N=C\CC.CC.CC.CC. The summed E-state index contributed by atoms with van der Waals surface area (Å²) in [7, 11) is 0. The van der Waals surface area contributed by atoms with Crippen molar-refractivity contribution in [1.82, 2.24) is 0 Å². The van der Waals surface area contributed by atoms with Crippen LogP contribution in [0.15, 0.2) is 17.1 Å². The highest BCUT2D eigenvalue weighted by molar-refractivity contribution is 7.98. The number of hydrogen-bond acceptors (Lipinski definition) is 2. The Morgan fingerprint density at radius 1 is 1.07 bits per heavy atom. The van der Waals surface area contributed by atoms with E-state index in [1.165, 1.54) is 11.9 Å². The molecule has 0 saturated heterocycles. The molecule has 0 heterocycles. The highest BCUT2D eigenvalue weighted by Crippen LogP contribution is 1.98. The van der Waals surface area contributed by atoms with Crippen molar-refractivity contribution < 1.29 is 0 Å². The lowest BCUT2D eigenvalue weighted by Gasteiger charge is -1.81. The zero-order valence-electron chi connectivity index (χ0n) is 11.1. The van der Waals surface area contributed by atoms with Crippen LogP contribution in [-0.2, 0) is 0 Å². The molecular weight excluding hydrogens is 190 g/mol. The second-order valence-corrected chi connectivity index (χ2v) is 2.08. The van der Waals surface area contributed by atoms with Crippen molar-refractivity contribution in [1.29, 1.82) is 0 Å². The van der Waals surface area contributed by atoms with Gasteiger partial charge in [-0.05, 0) is 18.4 Å². The third kappa shape index (κ3) is 60.1. The summed E-state index contributed by atoms with van der Waals surface area (Å²) in [4.78, 5) is 0. The Hall–Kier alpha value is -0.240. The quantitative estimate of drug-likeness (QED) is 0.268. The zero-order chi connectivity index (χ0) is 12.2. The van der Waals surface area contributed by atoms with Crippen LogP contribution in [-0.4, -0.2) is 12.0 Å². The van der Waals surface area contributed by atoms with Crippen molar-refractivity contribution in [3.63, 3.8) is 0 Å². The molecule has 0 radical (unpaired) electrons. The molecule has 0 aromatic heterocycles. The largest absolute Gasteiger partial charge is 0.229 e. The Morgan fingerprint density at radius 2 is 1.50 bits per heavy atom. The van der Waals surface area contributed by atoms with Crippen LogP contribution in [0.1, 0.15) is 54.9 Å². The van der Waals surface area contributed by atoms with E-state index in [1.807, 2.05) is 53.8 Å². The van der Waals surface area contributed by atoms with Gasteiger partial charge in [-0.2, -0.15) is 0 Å². The van der Waals surface area contributed by atoms with E-state index in [4.69, 9.17) is 0 Å². The lowest BCUT2D eigenvalue weighted by atomic mass is 10.6. The highest BCUT2D eigenvalue weighted by atomic mass is 32.2. The second-order valence-electron chi connectivity index (χ2n) is 1.28. The second kappa shape index (κ2) is 53.2. The van der Waals surface area contributed by atoms with E-state index in [-0.39, 0.29) is 0 Å². The minimum atomic E-state index is 0.913.